The van der Waals surface area contributed by atoms with Crippen molar-refractivity contribution in [1.29, 1.82) is 0 Å². The summed E-state index contributed by atoms with van der Waals surface area (Å²) in [4.78, 5) is 2.37. The highest BCUT2D eigenvalue weighted by molar-refractivity contribution is 5.64. The van der Waals surface area contributed by atoms with Crippen molar-refractivity contribution < 1.29 is 13.2 Å². The van der Waals surface area contributed by atoms with Crippen LogP contribution in [-0.4, -0.2) is 31.1 Å². The fourth-order valence-electron chi connectivity index (χ4n) is 3.18. The van der Waals surface area contributed by atoms with E-state index in [0.29, 0.717) is 0 Å². The first-order valence-electron chi connectivity index (χ1n) is 8.34. The number of hydrogen-bond acceptors (Lipinski definition) is 2. The van der Waals surface area contributed by atoms with Gasteiger partial charge in [0.05, 0.1) is 11.6 Å². The highest BCUT2D eigenvalue weighted by Gasteiger charge is 2.30. The molecule has 1 atom stereocenters. The first kappa shape index (κ1) is 17.7. The third kappa shape index (κ3) is 4.11. The Morgan fingerprint density at radius 2 is 1.44 bits per heavy atom. The van der Waals surface area contributed by atoms with Crippen LogP contribution in [0.1, 0.15) is 17.2 Å². The second-order valence-corrected chi connectivity index (χ2v) is 6.16. The average molecular weight is 346 g/mol. The maximum atomic E-state index is 12.7. The minimum Gasteiger partial charge on any atom is -0.314 e. The van der Waals surface area contributed by atoms with Gasteiger partial charge >= 0.3 is 6.18 Å². The number of piperazine rings is 1. The van der Waals surface area contributed by atoms with Crippen LogP contribution in [0.2, 0.25) is 0 Å². The molecule has 1 aliphatic heterocycles. The van der Waals surface area contributed by atoms with Crippen LogP contribution in [0.25, 0.3) is 11.1 Å². The Labute approximate surface area is 146 Å². The molecule has 1 N–H and O–H groups in total. The molecule has 0 amide bonds. The van der Waals surface area contributed by atoms with Gasteiger partial charge in [0.15, 0.2) is 0 Å². The van der Waals surface area contributed by atoms with Crippen LogP contribution in [0.5, 0.6) is 0 Å². The van der Waals surface area contributed by atoms with E-state index in [1.165, 1.54) is 12.1 Å². The molecule has 1 fully saturated rings. The standard InChI is InChI=1S/C20H21F3N2/c1-2-19(25-13-11-24-12-14-25)17-5-3-15(4-6-17)16-7-9-18(10-8-16)20(21,22)23/h2-10,19,24H,1,11-14H2/t19-/m0/s1. The van der Waals surface area contributed by atoms with Crippen molar-refractivity contribution in [1.82, 2.24) is 10.2 Å². The van der Waals surface area contributed by atoms with Crippen LogP contribution in [0.15, 0.2) is 61.2 Å². The van der Waals surface area contributed by atoms with Crippen LogP contribution in [0, 0.1) is 0 Å². The van der Waals surface area contributed by atoms with E-state index in [2.05, 4.69) is 16.8 Å². The van der Waals surface area contributed by atoms with Gasteiger partial charge in [-0.25, -0.2) is 0 Å². The molecule has 0 aliphatic carbocycles. The van der Waals surface area contributed by atoms with E-state index < -0.39 is 11.7 Å². The third-order valence-electron chi connectivity index (χ3n) is 4.57. The summed E-state index contributed by atoms with van der Waals surface area (Å²) in [6.45, 7) is 7.83. The molecular weight excluding hydrogens is 325 g/mol. The number of nitrogens with zero attached hydrogens (tertiary/aromatic N) is 1. The first-order valence-corrected chi connectivity index (χ1v) is 8.34. The molecule has 132 valence electrons. The maximum absolute atomic E-state index is 12.7. The number of rotatable bonds is 4. The first-order chi connectivity index (χ1) is 12.0. The normalized spacial score (nSPS) is 17.2. The van der Waals surface area contributed by atoms with E-state index in [0.717, 1.165) is 55.0 Å². The molecule has 2 aromatic rings. The lowest BCUT2D eigenvalue weighted by molar-refractivity contribution is -0.137. The van der Waals surface area contributed by atoms with Gasteiger partial charge in [0, 0.05) is 26.2 Å². The second kappa shape index (κ2) is 7.42. The summed E-state index contributed by atoms with van der Waals surface area (Å²) in [5, 5.41) is 3.33. The maximum Gasteiger partial charge on any atom is 0.416 e. The lowest BCUT2D eigenvalue weighted by Crippen LogP contribution is -2.44. The molecule has 0 saturated carbocycles. The van der Waals surface area contributed by atoms with Crippen molar-refractivity contribution in [2.45, 2.75) is 12.2 Å². The fourth-order valence-corrected chi connectivity index (χ4v) is 3.18. The van der Waals surface area contributed by atoms with Crippen molar-refractivity contribution in [2.75, 3.05) is 26.2 Å². The predicted molar refractivity (Wildman–Crippen MR) is 94.3 cm³/mol. The Bertz CT molecular complexity index is 699. The van der Waals surface area contributed by atoms with Crippen molar-refractivity contribution >= 4 is 0 Å². The lowest BCUT2D eigenvalue weighted by atomic mass is 9.99. The van der Waals surface area contributed by atoms with E-state index in [-0.39, 0.29) is 6.04 Å². The van der Waals surface area contributed by atoms with E-state index in [9.17, 15) is 13.2 Å². The SMILES string of the molecule is C=C[C@@H](c1ccc(-c2ccc(C(F)(F)F)cc2)cc1)N1CCNCC1. The van der Waals surface area contributed by atoms with Gasteiger partial charge in [-0.15, -0.1) is 6.58 Å². The molecule has 1 aliphatic rings. The van der Waals surface area contributed by atoms with E-state index >= 15 is 0 Å². The van der Waals surface area contributed by atoms with Crippen molar-refractivity contribution in [3.05, 3.63) is 72.3 Å². The number of halogens is 3. The number of hydrogen-bond donors (Lipinski definition) is 1. The Morgan fingerprint density at radius 3 is 1.92 bits per heavy atom. The van der Waals surface area contributed by atoms with E-state index in [1.807, 2.05) is 30.3 Å². The van der Waals surface area contributed by atoms with Crippen LogP contribution in [0.3, 0.4) is 0 Å². The zero-order valence-corrected chi connectivity index (χ0v) is 13.9. The Balaban J connectivity index is 1.78. The minimum atomic E-state index is -4.30. The smallest absolute Gasteiger partial charge is 0.314 e. The molecular formula is C20H21F3N2. The predicted octanol–water partition coefficient (Wildman–Crippen LogP) is 4.50. The topological polar surface area (TPSA) is 15.3 Å². The van der Waals surface area contributed by atoms with Gasteiger partial charge in [-0.05, 0) is 28.8 Å². The van der Waals surface area contributed by atoms with Gasteiger partial charge in [0.2, 0.25) is 0 Å². The van der Waals surface area contributed by atoms with Crippen molar-refractivity contribution in [2.24, 2.45) is 0 Å². The summed E-state index contributed by atoms with van der Waals surface area (Å²) in [6.07, 6.45) is -2.36. The van der Waals surface area contributed by atoms with Gasteiger partial charge in [-0.3, -0.25) is 4.90 Å². The summed E-state index contributed by atoms with van der Waals surface area (Å²) >= 11 is 0. The van der Waals surface area contributed by atoms with Crippen LogP contribution >= 0.6 is 0 Å². The molecule has 25 heavy (non-hydrogen) atoms. The van der Waals surface area contributed by atoms with Gasteiger partial charge in [-0.2, -0.15) is 13.2 Å². The Hall–Kier alpha value is -2.11. The Morgan fingerprint density at radius 1 is 0.920 bits per heavy atom. The fraction of sp³-hybridized carbons (Fsp3) is 0.300. The Kier molecular flexibility index (Phi) is 5.25. The van der Waals surface area contributed by atoms with E-state index in [1.54, 1.807) is 0 Å². The quantitative estimate of drug-likeness (QED) is 0.820. The molecule has 0 unspecified atom stereocenters. The zero-order chi connectivity index (χ0) is 17.9. The molecule has 1 saturated heterocycles. The van der Waals surface area contributed by atoms with Crippen LogP contribution in [-0.2, 0) is 6.18 Å². The number of nitrogens with one attached hydrogen (secondary N) is 1. The monoisotopic (exact) mass is 346 g/mol. The molecule has 0 radical (unpaired) electrons. The lowest BCUT2D eigenvalue weighted by Gasteiger charge is -2.33. The highest BCUT2D eigenvalue weighted by atomic mass is 19.4. The molecule has 2 aromatic carbocycles. The summed E-state index contributed by atoms with van der Waals surface area (Å²) in [5.41, 5.74) is 2.20. The van der Waals surface area contributed by atoms with Crippen LogP contribution < -0.4 is 5.32 Å². The van der Waals surface area contributed by atoms with Gasteiger partial charge < -0.3 is 5.32 Å². The molecule has 3 rings (SSSR count). The molecule has 1 heterocycles. The molecule has 0 aromatic heterocycles. The second-order valence-electron chi connectivity index (χ2n) is 6.16. The minimum absolute atomic E-state index is 0.156. The van der Waals surface area contributed by atoms with Gasteiger partial charge in [0.1, 0.15) is 0 Å². The summed E-state index contributed by atoms with van der Waals surface area (Å²) < 4.78 is 38.0. The summed E-state index contributed by atoms with van der Waals surface area (Å²) in [7, 11) is 0. The highest BCUT2D eigenvalue weighted by Crippen LogP contribution is 2.31. The number of alkyl halides is 3. The molecule has 5 heteroatoms. The average Bonchev–Trinajstić information content (AvgIpc) is 2.63. The molecule has 0 spiro atoms. The summed E-state index contributed by atoms with van der Waals surface area (Å²) in [5.74, 6) is 0. The number of benzene rings is 2. The third-order valence-corrected chi connectivity index (χ3v) is 4.57. The van der Waals surface area contributed by atoms with Crippen molar-refractivity contribution in [3.63, 3.8) is 0 Å². The van der Waals surface area contributed by atoms with Crippen molar-refractivity contribution in [3.8, 4) is 11.1 Å². The van der Waals surface area contributed by atoms with Crippen LogP contribution in [0.4, 0.5) is 13.2 Å². The van der Waals surface area contributed by atoms with Gasteiger partial charge in [0.25, 0.3) is 0 Å². The zero-order valence-electron chi connectivity index (χ0n) is 13.9. The molecule has 0 bridgehead atoms. The summed E-state index contributed by atoms with van der Waals surface area (Å²) in [6, 6.07) is 13.4. The molecule has 2 nitrogen and oxygen atoms in total. The largest absolute Gasteiger partial charge is 0.416 e. The van der Waals surface area contributed by atoms with Gasteiger partial charge in [-0.1, -0.05) is 42.5 Å². The van der Waals surface area contributed by atoms with E-state index in [4.69, 9.17) is 0 Å².